The van der Waals surface area contributed by atoms with Gasteiger partial charge in [0.15, 0.2) is 11.6 Å². The van der Waals surface area contributed by atoms with Gasteiger partial charge in [0.1, 0.15) is 0 Å². The fourth-order valence-electron chi connectivity index (χ4n) is 2.87. The average molecular weight is 495 g/mol. The topological polar surface area (TPSA) is 147 Å². The lowest BCUT2D eigenvalue weighted by molar-refractivity contribution is 0.530. The number of anilines is 3. The molecule has 1 aliphatic carbocycles. The SMILES string of the molecule is Cc1ccc(Nc2ncc(F)c(NC3=CC=C/C(=C\S(=O)(=O)N(C)C)C3)n2)cc1S(N)(=O)=O. The van der Waals surface area contributed by atoms with Crippen LogP contribution in [0, 0.1) is 12.7 Å². The Balaban J connectivity index is 1.81. The molecule has 0 saturated heterocycles. The number of halogens is 1. The van der Waals surface area contributed by atoms with Gasteiger partial charge in [-0.15, -0.1) is 0 Å². The van der Waals surface area contributed by atoms with E-state index in [0.717, 1.165) is 15.9 Å². The third kappa shape index (κ3) is 6.22. The van der Waals surface area contributed by atoms with Gasteiger partial charge in [0.05, 0.1) is 11.1 Å². The van der Waals surface area contributed by atoms with Crippen molar-refractivity contribution in [3.8, 4) is 0 Å². The van der Waals surface area contributed by atoms with Crippen LogP contribution in [0.5, 0.6) is 0 Å². The van der Waals surface area contributed by atoms with Crippen molar-refractivity contribution in [2.24, 2.45) is 5.14 Å². The summed E-state index contributed by atoms with van der Waals surface area (Å²) in [5.41, 5.74) is 1.86. The smallest absolute Gasteiger partial charge is 0.238 e. The minimum atomic E-state index is -3.92. The molecule has 1 aliphatic rings. The summed E-state index contributed by atoms with van der Waals surface area (Å²) in [6, 6.07) is 4.52. The molecule has 176 valence electrons. The lowest BCUT2D eigenvalue weighted by atomic mass is 10.1. The molecule has 33 heavy (non-hydrogen) atoms. The van der Waals surface area contributed by atoms with Crippen LogP contribution in [0.2, 0.25) is 0 Å². The number of aryl methyl sites for hydroxylation is 1. The molecule has 0 saturated carbocycles. The number of aromatic nitrogens is 2. The number of nitrogens with zero attached hydrogens (tertiary/aromatic N) is 3. The van der Waals surface area contributed by atoms with Crippen molar-refractivity contribution in [1.29, 1.82) is 0 Å². The summed E-state index contributed by atoms with van der Waals surface area (Å²) in [4.78, 5) is 7.92. The van der Waals surface area contributed by atoms with E-state index in [2.05, 4.69) is 20.6 Å². The van der Waals surface area contributed by atoms with Gasteiger partial charge < -0.3 is 10.6 Å². The summed E-state index contributed by atoms with van der Waals surface area (Å²) in [5, 5.41) is 12.0. The highest BCUT2D eigenvalue weighted by Crippen LogP contribution is 2.25. The average Bonchev–Trinajstić information content (AvgIpc) is 2.71. The van der Waals surface area contributed by atoms with Gasteiger partial charge >= 0.3 is 0 Å². The molecule has 3 rings (SSSR count). The standard InChI is InChI=1S/C20H23FN6O4S2/c1-13-7-8-16(10-18(13)33(22,30)31)25-20-23-11-17(21)19(26-20)24-15-6-4-5-14(9-15)12-32(28,29)27(2)3/h4-8,10-12H,9H2,1-3H3,(H2,22,30,31)(H2,23,24,25,26)/b14-12+. The Morgan fingerprint density at radius 3 is 2.58 bits per heavy atom. The molecule has 4 N–H and O–H groups in total. The number of rotatable bonds is 7. The highest BCUT2D eigenvalue weighted by molar-refractivity contribution is 7.92. The maximum Gasteiger partial charge on any atom is 0.238 e. The Hall–Kier alpha value is -3.13. The number of hydrogen-bond acceptors (Lipinski definition) is 8. The summed E-state index contributed by atoms with van der Waals surface area (Å²) in [7, 11) is -4.62. The van der Waals surface area contributed by atoms with Crippen molar-refractivity contribution in [2.75, 3.05) is 24.7 Å². The lowest BCUT2D eigenvalue weighted by Gasteiger charge is -2.16. The largest absolute Gasteiger partial charge is 0.341 e. The second-order valence-electron chi connectivity index (χ2n) is 7.41. The molecule has 0 radical (unpaired) electrons. The van der Waals surface area contributed by atoms with Crippen molar-refractivity contribution >= 4 is 37.5 Å². The van der Waals surface area contributed by atoms with Gasteiger partial charge in [0, 0.05) is 37.3 Å². The molecular weight excluding hydrogens is 471 g/mol. The molecule has 0 fully saturated rings. The van der Waals surface area contributed by atoms with Crippen molar-refractivity contribution in [3.63, 3.8) is 0 Å². The van der Waals surface area contributed by atoms with Crippen LogP contribution in [-0.4, -0.2) is 45.2 Å². The van der Waals surface area contributed by atoms with Crippen molar-refractivity contribution < 1.29 is 21.2 Å². The van der Waals surface area contributed by atoms with Crippen molar-refractivity contribution in [2.45, 2.75) is 18.2 Å². The van der Waals surface area contributed by atoms with Crippen molar-refractivity contribution in [3.05, 3.63) is 70.7 Å². The van der Waals surface area contributed by atoms with Crippen LogP contribution in [0.4, 0.5) is 21.8 Å². The fourth-order valence-corrected chi connectivity index (χ4v) is 4.43. The summed E-state index contributed by atoms with van der Waals surface area (Å²) in [6.45, 7) is 1.61. The highest BCUT2D eigenvalue weighted by atomic mass is 32.2. The molecule has 0 aliphatic heterocycles. The maximum absolute atomic E-state index is 14.3. The summed E-state index contributed by atoms with van der Waals surface area (Å²) >= 11 is 0. The zero-order valence-corrected chi connectivity index (χ0v) is 19.7. The number of allylic oxidation sites excluding steroid dienone is 4. The normalized spacial score (nSPS) is 15.6. The van der Waals surface area contributed by atoms with E-state index in [1.807, 2.05) is 0 Å². The van der Waals surface area contributed by atoms with Gasteiger partial charge in [-0.05, 0) is 36.3 Å². The van der Waals surface area contributed by atoms with Gasteiger partial charge in [0.2, 0.25) is 26.0 Å². The Morgan fingerprint density at radius 2 is 1.91 bits per heavy atom. The number of sulfonamides is 2. The molecule has 13 heteroatoms. The van der Waals surface area contributed by atoms with E-state index in [4.69, 9.17) is 5.14 Å². The van der Waals surface area contributed by atoms with E-state index in [1.54, 1.807) is 37.3 Å². The van der Waals surface area contributed by atoms with Gasteiger partial charge in [-0.3, -0.25) is 0 Å². The highest BCUT2D eigenvalue weighted by Gasteiger charge is 2.16. The molecule has 2 aromatic rings. The van der Waals surface area contributed by atoms with Crippen LogP contribution in [0.15, 0.2) is 64.2 Å². The van der Waals surface area contributed by atoms with Gasteiger partial charge in [-0.25, -0.2) is 35.7 Å². The van der Waals surface area contributed by atoms with Crippen LogP contribution < -0.4 is 15.8 Å². The van der Waals surface area contributed by atoms with E-state index in [1.165, 1.54) is 20.2 Å². The number of nitrogens with two attached hydrogens (primary N) is 1. The summed E-state index contributed by atoms with van der Waals surface area (Å²) < 4.78 is 63.1. The quantitative estimate of drug-likeness (QED) is 0.531. The first-order valence-electron chi connectivity index (χ1n) is 9.55. The van der Waals surface area contributed by atoms with E-state index in [-0.39, 0.29) is 23.1 Å². The minimum Gasteiger partial charge on any atom is -0.341 e. The van der Waals surface area contributed by atoms with Crippen molar-refractivity contribution in [1.82, 2.24) is 14.3 Å². The van der Waals surface area contributed by atoms with Gasteiger partial charge in [-0.1, -0.05) is 18.2 Å². The third-order valence-corrected chi connectivity index (χ3v) is 7.26. The first-order chi connectivity index (χ1) is 15.3. The predicted octanol–water partition coefficient (Wildman–Crippen LogP) is 2.35. The van der Waals surface area contributed by atoms with Crippen LogP contribution >= 0.6 is 0 Å². The molecule has 0 atom stereocenters. The molecule has 0 spiro atoms. The lowest BCUT2D eigenvalue weighted by Crippen LogP contribution is -2.20. The zero-order valence-electron chi connectivity index (χ0n) is 18.1. The number of nitrogens with one attached hydrogen (secondary N) is 2. The van der Waals surface area contributed by atoms with E-state index < -0.39 is 25.9 Å². The second kappa shape index (κ2) is 9.39. The summed E-state index contributed by atoms with van der Waals surface area (Å²) in [6.07, 6.45) is 6.13. The molecular formula is C20H23FN6O4S2. The fraction of sp³-hybridized carbons (Fsp3) is 0.200. The van der Waals surface area contributed by atoms with Crippen LogP contribution in [0.25, 0.3) is 0 Å². The van der Waals surface area contributed by atoms with Crippen LogP contribution in [-0.2, 0) is 20.0 Å². The Kier molecular flexibility index (Phi) is 6.97. The molecule has 0 unspecified atom stereocenters. The molecule has 1 aromatic heterocycles. The van der Waals surface area contributed by atoms with E-state index in [9.17, 15) is 21.2 Å². The Labute approximate surface area is 191 Å². The molecule has 10 nitrogen and oxygen atoms in total. The Bertz CT molecular complexity index is 1380. The van der Waals surface area contributed by atoms with Crippen LogP contribution in [0.1, 0.15) is 12.0 Å². The Morgan fingerprint density at radius 1 is 1.18 bits per heavy atom. The monoisotopic (exact) mass is 494 g/mol. The maximum atomic E-state index is 14.3. The molecule has 0 amide bonds. The predicted molar refractivity (Wildman–Crippen MR) is 124 cm³/mol. The van der Waals surface area contributed by atoms with E-state index in [0.29, 0.717) is 22.5 Å². The van der Waals surface area contributed by atoms with Crippen LogP contribution in [0.3, 0.4) is 0 Å². The van der Waals surface area contributed by atoms with Gasteiger partial charge in [0.25, 0.3) is 0 Å². The molecule has 0 bridgehead atoms. The van der Waals surface area contributed by atoms with Gasteiger partial charge in [-0.2, -0.15) is 4.98 Å². The summed E-state index contributed by atoms with van der Waals surface area (Å²) in [5.74, 6) is -0.847. The molecule has 1 heterocycles. The number of hydrogen-bond donors (Lipinski definition) is 3. The first-order valence-corrected chi connectivity index (χ1v) is 12.6. The number of benzene rings is 1. The number of primary sulfonamides is 1. The zero-order chi connectivity index (χ0) is 24.4. The van der Waals surface area contributed by atoms with E-state index >= 15 is 0 Å². The first kappa shape index (κ1) is 24.5. The minimum absolute atomic E-state index is 0.0148. The molecule has 1 aromatic carbocycles. The second-order valence-corrected chi connectivity index (χ2v) is 10.9. The third-order valence-electron chi connectivity index (χ3n) is 4.59.